The molecule has 0 spiro atoms. The summed E-state index contributed by atoms with van der Waals surface area (Å²) in [6.07, 6.45) is 43.6. The van der Waals surface area contributed by atoms with Gasteiger partial charge in [0.1, 0.15) is 0 Å². The highest BCUT2D eigenvalue weighted by atomic mass is 16.4. The predicted octanol–water partition coefficient (Wildman–Crippen LogP) is 11.5. The number of allylic oxidation sites excluding steroid dienone is 8. The van der Waals surface area contributed by atoms with Gasteiger partial charge in [-0.2, -0.15) is 0 Å². The highest BCUT2D eigenvalue weighted by Gasteiger charge is 1.99. The fourth-order valence-electron chi connectivity index (χ4n) is 4.78. The van der Waals surface area contributed by atoms with Crippen molar-refractivity contribution >= 4 is 11.9 Å². The van der Waals surface area contributed by atoms with Gasteiger partial charge in [0, 0.05) is 12.8 Å². The summed E-state index contributed by atoms with van der Waals surface area (Å²) >= 11 is 0. The summed E-state index contributed by atoms with van der Waals surface area (Å²) in [5.41, 5.74) is 1.63. The van der Waals surface area contributed by atoms with E-state index in [2.05, 4.69) is 49.5 Å². The number of rotatable bonds is 30. The predicted molar refractivity (Wildman–Crippen MR) is 172 cm³/mol. The van der Waals surface area contributed by atoms with E-state index in [0.29, 0.717) is 6.42 Å². The topological polar surface area (TPSA) is 74.6 Å². The highest BCUT2D eigenvalue weighted by molar-refractivity contribution is 5.66. The van der Waals surface area contributed by atoms with Crippen molar-refractivity contribution < 1.29 is 19.8 Å². The fourth-order valence-corrected chi connectivity index (χ4v) is 4.78. The summed E-state index contributed by atoms with van der Waals surface area (Å²) in [5.74, 6) is -1.37. The van der Waals surface area contributed by atoms with Crippen molar-refractivity contribution in [3.63, 3.8) is 0 Å². The Labute approximate surface area is 247 Å². The molecule has 0 aliphatic heterocycles. The SMILES string of the molecule is CCCCCC=C(CC=CCCCCCCCC(=O)O)CCCCCCCCC=CCC=CCCCCC(=O)O. The number of carboxylic acid groups (broad SMARTS) is 2. The molecule has 0 aromatic heterocycles. The summed E-state index contributed by atoms with van der Waals surface area (Å²) in [5, 5.41) is 17.3. The van der Waals surface area contributed by atoms with E-state index in [9.17, 15) is 9.59 Å². The first kappa shape index (κ1) is 37.9. The molecule has 0 rings (SSSR count). The van der Waals surface area contributed by atoms with Crippen molar-refractivity contribution in [2.45, 2.75) is 167 Å². The first-order valence-electron chi connectivity index (χ1n) is 16.6. The van der Waals surface area contributed by atoms with Crippen LogP contribution in [0.2, 0.25) is 0 Å². The third-order valence-electron chi connectivity index (χ3n) is 7.28. The summed E-state index contributed by atoms with van der Waals surface area (Å²) in [7, 11) is 0. The molecule has 0 atom stereocenters. The first-order valence-corrected chi connectivity index (χ1v) is 16.6. The van der Waals surface area contributed by atoms with E-state index in [-0.39, 0.29) is 6.42 Å². The maximum atomic E-state index is 10.6. The Balaban J connectivity index is 3.85. The minimum absolute atomic E-state index is 0.283. The van der Waals surface area contributed by atoms with Gasteiger partial charge in [-0.1, -0.05) is 113 Å². The molecule has 0 saturated heterocycles. The fraction of sp³-hybridized carbons (Fsp3) is 0.722. The standard InChI is InChI=1S/C36H62O4/c1-2-3-4-24-29-34(31-26-21-17-14-15-19-23-28-33-36(39)40)30-25-20-16-12-10-8-6-5-7-9-11-13-18-22-27-32-35(37)38/h5,7,11,13,21,26,29H,2-4,6,8-10,12,14-20,22-25,27-28,30-33H2,1H3,(H,37,38)(H,39,40). The largest absolute Gasteiger partial charge is 0.481 e. The van der Waals surface area contributed by atoms with Crippen molar-refractivity contribution in [1.29, 1.82) is 0 Å². The highest BCUT2D eigenvalue weighted by Crippen LogP contribution is 2.18. The van der Waals surface area contributed by atoms with Crippen LogP contribution < -0.4 is 0 Å². The quantitative estimate of drug-likeness (QED) is 0.0679. The van der Waals surface area contributed by atoms with Crippen molar-refractivity contribution in [1.82, 2.24) is 0 Å². The van der Waals surface area contributed by atoms with Crippen molar-refractivity contribution in [3.05, 3.63) is 48.1 Å². The van der Waals surface area contributed by atoms with Crippen LogP contribution in [-0.2, 0) is 9.59 Å². The maximum Gasteiger partial charge on any atom is 0.303 e. The van der Waals surface area contributed by atoms with Crippen molar-refractivity contribution in [2.24, 2.45) is 0 Å². The van der Waals surface area contributed by atoms with E-state index in [4.69, 9.17) is 10.2 Å². The molecule has 0 radical (unpaired) electrons. The molecular weight excluding hydrogens is 496 g/mol. The Morgan fingerprint density at radius 3 is 1.45 bits per heavy atom. The summed E-state index contributed by atoms with van der Waals surface area (Å²) in [6.45, 7) is 2.27. The molecule has 0 aliphatic carbocycles. The average molecular weight is 559 g/mol. The molecule has 0 heterocycles. The molecule has 0 bridgehead atoms. The van der Waals surface area contributed by atoms with Crippen LogP contribution in [0.5, 0.6) is 0 Å². The van der Waals surface area contributed by atoms with Crippen LogP contribution in [0.3, 0.4) is 0 Å². The van der Waals surface area contributed by atoms with Crippen LogP contribution >= 0.6 is 0 Å². The van der Waals surface area contributed by atoms with Crippen molar-refractivity contribution in [3.8, 4) is 0 Å². The minimum atomic E-state index is -0.696. The second kappa shape index (κ2) is 31.4. The Morgan fingerprint density at radius 1 is 0.475 bits per heavy atom. The van der Waals surface area contributed by atoms with E-state index in [1.54, 1.807) is 5.57 Å². The van der Waals surface area contributed by atoms with E-state index in [0.717, 1.165) is 57.8 Å². The lowest BCUT2D eigenvalue weighted by molar-refractivity contribution is -0.138. The van der Waals surface area contributed by atoms with Gasteiger partial charge in [-0.25, -0.2) is 0 Å². The zero-order valence-corrected chi connectivity index (χ0v) is 25.9. The normalized spacial score (nSPS) is 12.4. The molecule has 0 aromatic carbocycles. The molecule has 2 N–H and O–H groups in total. The van der Waals surface area contributed by atoms with Crippen LogP contribution in [-0.4, -0.2) is 22.2 Å². The Morgan fingerprint density at radius 2 is 0.900 bits per heavy atom. The van der Waals surface area contributed by atoms with E-state index < -0.39 is 11.9 Å². The Bertz CT molecular complexity index is 702. The molecule has 0 amide bonds. The van der Waals surface area contributed by atoms with Gasteiger partial charge in [-0.05, 0) is 89.9 Å². The molecule has 230 valence electrons. The second-order valence-corrected chi connectivity index (χ2v) is 11.2. The second-order valence-electron chi connectivity index (χ2n) is 11.2. The Kier molecular flexibility index (Phi) is 29.8. The lowest BCUT2D eigenvalue weighted by Gasteiger charge is -2.06. The van der Waals surface area contributed by atoms with E-state index in [1.807, 2.05) is 0 Å². The zero-order chi connectivity index (χ0) is 29.4. The molecule has 0 unspecified atom stereocenters. The van der Waals surface area contributed by atoms with Crippen LogP contribution in [0.25, 0.3) is 0 Å². The van der Waals surface area contributed by atoms with E-state index >= 15 is 0 Å². The van der Waals surface area contributed by atoms with E-state index in [1.165, 1.54) is 89.9 Å². The van der Waals surface area contributed by atoms with Crippen LogP contribution in [0.1, 0.15) is 167 Å². The zero-order valence-electron chi connectivity index (χ0n) is 25.9. The monoisotopic (exact) mass is 558 g/mol. The smallest absolute Gasteiger partial charge is 0.303 e. The number of unbranched alkanes of at least 4 members (excludes halogenated alkanes) is 16. The summed E-state index contributed by atoms with van der Waals surface area (Å²) < 4.78 is 0. The van der Waals surface area contributed by atoms with Gasteiger partial charge in [0.25, 0.3) is 0 Å². The molecule has 4 heteroatoms. The molecule has 0 aromatic rings. The number of hydrogen-bond acceptors (Lipinski definition) is 2. The van der Waals surface area contributed by atoms with Crippen LogP contribution in [0.15, 0.2) is 48.1 Å². The molecule has 40 heavy (non-hydrogen) atoms. The number of aliphatic carboxylic acids is 2. The number of carbonyl (C=O) groups is 2. The summed E-state index contributed by atoms with van der Waals surface area (Å²) in [4.78, 5) is 21.0. The van der Waals surface area contributed by atoms with Gasteiger partial charge in [-0.3, -0.25) is 9.59 Å². The molecule has 4 nitrogen and oxygen atoms in total. The Hall–Kier alpha value is -2.10. The first-order chi connectivity index (χ1) is 19.6. The lowest BCUT2D eigenvalue weighted by Crippen LogP contribution is -1.93. The third kappa shape index (κ3) is 32.1. The van der Waals surface area contributed by atoms with Gasteiger partial charge in [0.05, 0.1) is 0 Å². The average Bonchev–Trinajstić information content (AvgIpc) is 2.92. The van der Waals surface area contributed by atoms with Gasteiger partial charge < -0.3 is 10.2 Å². The van der Waals surface area contributed by atoms with Gasteiger partial charge in [0.15, 0.2) is 0 Å². The molecule has 0 fully saturated rings. The van der Waals surface area contributed by atoms with Crippen LogP contribution in [0, 0.1) is 0 Å². The van der Waals surface area contributed by atoms with Crippen LogP contribution in [0.4, 0.5) is 0 Å². The molecular formula is C36H62O4. The van der Waals surface area contributed by atoms with Gasteiger partial charge in [-0.15, -0.1) is 0 Å². The lowest BCUT2D eigenvalue weighted by atomic mass is 10.00. The number of carboxylic acids is 2. The van der Waals surface area contributed by atoms with Gasteiger partial charge in [0.2, 0.25) is 0 Å². The molecule has 0 saturated carbocycles. The third-order valence-corrected chi connectivity index (χ3v) is 7.28. The van der Waals surface area contributed by atoms with Crippen molar-refractivity contribution in [2.75, 3.05) is 0 Å². The minimum Gasteiger partial charge on any atom is -0.481 e. The molecule has 0 aliphatic rings. The summed E-state index contributed by atoms with van der Waals surface area (Å²) in [6, 6.07) is 0. The van der Waals surface area contributed by atoms with Gasteiger partial charge >= 0.3 is 11.9 Å². The number of hydrogen-bond donors (Lipinski definition) is 2. The maximum absolute atomic E-state index is 10.6.